The predicted octanol–water partition coefficient (Wildman–Crippen LogP) is 2.79. The highest BCUT2D eigenvalue weighted by Gasteiger charge is 2.54. The highest BCUT2D eigenvalue weighted by Crippen LogP contribution is 2.43. The van der Waals surface area contributed by atoms with Crippen LogP contribution in [0.1, 0.15) is 11.5 Å². The molecule has 0 spiro atoms. The summed E-state index contributed by atoms with van der Waals surface area (Å²) in [6, 6.07) is 12.5. The van der Waals surface area contributed by atoms with Gasteiger partial charge in [0.1, 0.15) is 12.4 Å². The number of aliphatic hydroxyl groups is 1. The summed E-state index contributed by atoms with van der Waals surface area (Å²) in [5.74, 6) is -0.691. The molecule has 3 atom stereocenters. The largest absolute Gasteiger partial charge is 0.394 e. The number of benzene rings is 2. The number of halogens is 2. The summed E-state index contributed by atoms with van der Waals surface area (Å²) in [6.45, 7) is 0.157. The molecule has 2 aromatic carbocycles. The third-order valence-electron chi connectivity index (χ3n) is 5.37. The molecule has 0 bridgehead atoms. The van der Waals surface area contributed by atoms with Gasteiger partial charge in [-0.2, -0.15) is 0 Å². The third kappa shape index (κ3) is 3.38. The quantitative estimate of drug-likeness (QED) is 0.759. The zero-order valence-electron chi connectivity index (χ0n) is 14.9. The molecule has 2 aliphatic rings. The number of nitrogens with one attached hydrogen (secondary N) is 1. The molecule has 3 amide bonds. The van der Waals surface area contributed by atoms with Crippen molar-refractivity contribution in [3.63, 3.8) is 0 Å². The van der Waals surface area contributed by atoms with Gasteiger partial charge in [0.15, 0.2) is 0 Å². The molecule has 0 aliphatic carbocycles. The molecule has 146 valence electrons. The number of aliphatic hydroxyl groups excluding tert-OH is 1. The van der Waals surface area contributed by atoms with Crippen molar-refractivity contribution in [2.45, 2.75) is 18.0 Å². The molecule has 2 fully saturated rings. The van der Waals surface area contributed by atoms with Crippen LogP contribution in [0.2, 0.25) is 0 Å². The second-order valence-electron chi connectivity index (χ2n) is 7.02. The van der Waals surface area contributed by atoms with Gasteiger partial charge in [0.25, 0.3) is 0 Å². The van der Waals surface area contributed by atoms with Crippen molar-refractivity contribution < 1.29 is 19.1 Å². The van der Waals surface area contributed by atoms with Gasteiger partial charge in [0, 0.05) is 22.6 Å². The maximum absolute atomic E-state index is 13.3. The van der Waals surface area contributed by atoms with Gasteiger partial charge in [-0.25, -0.2) is 9.18 Å². The van der Waals surface area contributed by atoms with Crippen LogP contribution in [0.4, 0.5) is 14.9 Å². The van der Waals surface area contributed by atoms with Crippen molar-refractivity contribution in [2.75, 3.05) is 25.0 Å². The fourth-order valence-electron chi connectivity index (χ4n) is 4.11. The Morgan fingerprint density at radius 1 is 1.25 bits per heavy atom. The maximum atomic E-state index is 13.3. The van der Waals surface area contributed by atoms with Crippen LogP contribution in [-0.2, 0) is 4.79 Å². The molecule has 4 rings (SSSR count). The van der Waals surface area contributed by atoms with E-state index in [2.05, 4.69) is 21.2 Å². The van der Waals surface area contributed by atoms with Crippen molar-refractivity contribution in [2.24, 2.45) is 0 Å². The SMILES string of the molecule is O=C(Nc1cccc(F)c1)N1CC(=O)N2[C@H](CO)[C@H](c3ccc(Br)cc3)[C@@H]2C1. The molecule has 0 aromatic heterocycles. The number of hydrogen-bond donors (Lipinski definition) is 2. The second-order valence-corrected chi connectivity index (χ2v) is 7.93. The van der Waals surface area contributed by atoms with Crippen LogP contribution < -0.4 is 5.32 Å². The molecule has 2 aliphatic heterocycles. The fourth-order valence-corrected chi connectivity index (χ4v) is 4.37. The van der Waals surface area contributed by atoms with E-state index in [0.717, 1.165) is 10.0 Å². The van der Waals surface area contributed by atoms with E-state index in [1.54, 1.807) is 11.0 Å². The van der Waals surface area contributed by atoms with Crippen molar-refractivity contribution in [3.8, 4) is 0 Å². The topological polar surface area (TPSA) is 72.9 Å². The normalized spacial score (nSPS) is 23.8. The summed E-state index contributed by atoms with van der Waals surface area (Å²) in [5, 5.41) is 12.4. The van der Waals surface area contributed by atoms with Gasteiger partial charge < -0.3 is 20.2 Å². The minimum Gasteiger partial charge on any atom is -0.394 e. The number of fused-ring (bicyclic) bond motifs is 1. The Morgan fingerprint density at radius 2 is 2.00 bits per heavy atom. The minimum atomic E-state index is -0.446. The van der Waals surface area contributed by atoms with Crippen LogP contribution >= 0.6 is 15.9 Å². The monoisotopic (exact) mass is 447 g/mol. The Balaban J connectivity index is 1.52. The van der Waals surface area contributed by atoms with E-state index in [0.29, 0.717) is 12.2 Å². The van der Waals surface area contributed by atoms with Crippen molar-refractivity contribution in [3.05, 3.63) is 64.4 Å². The summed E-state index contributed by atoms with van der Waals surface area (Å²) < 4.78 is 14.3. The smallest absolute Gasteiger partial charge is 0.322 e. The summed E-state index contributed by atoms with van der Waals surface area (Å²) in [4.78, 5) is 28.3. The Labute approximate surface area is 170 Å². The van der Waals surface area contributed by atoms with Crippen LogP contribution in [0.3, 0.4) is 0 Å². The highest BCUT2D eigenvalue weighted by molar-refractivity contribution is 9.10. The number of urea groups is 1. The van der Waals surface area contributed by atoms with Gasteiger partial charge in [-0.1, -0.05) is 34.1 Å². The molecule has 6 nitrogen and oxygen atoms in total. The molecule has 0 unspecified atom stereocenters. The van der Waals surface area contributed by atoms with E-state index in [4.69, 9.17) is 0 Å². The number of anilines is 1. The summed E-state index contributed by atoms with van der Waals surface area (Å²) in [5.41, 5.74) is 1.36. The second kappa shape index (κ2) is 7.52. The number of rotatable bonds is 3. The van der Waals surface area contributed by atoms with Gasteiger partial charge in [-0.3, -0.25) is 4.79 Å². The average Bonchev–Trinajstić information content (AvgIpc) is 2.65. The number of piperazine rings is 1. The van der Waals surface area contributed by atoms with Crippen molar-refractivity contribution >= 4 is 33.6 Å². The number of hydrogen-bond acceptors (Lipinski definition) is 3. The predicted molar refractivity (Wildman–Crippen MR) is 105 cm³/mol. The standard InChI is InChI=1S/C20H19BrFN3O3/c21-13-6-4-12(5-7-13)19-16-9-24(10-18(27)25(16)17(19)11-26)20(28)23-15-3-1-2-14(22)8-15/h1-8,16-17,19,26H,9-11H2,(H,23,28)/t16-,17+,19+/m0/s1. The molecule has 2 heterocycles. The molecule has 2 aromatic rings. The average molecular weight is 448 g/mol. The van der Waals surface area contributed by atoms with Gasteiger partial charge in [0.2, 0.25) is 5.91 Å². The molecule has 28 heavy (non-hydrogen) atoms. The third-order valence-corrected chi connectivity index (χ3v) is 5.90. The summed E-state index contributed by atoms with van der Waals surface area (Å²) in [6.07, 6.45) is 0. The van der Waals surface area contributed by atoms with Gasteiger partial charge >= 0.3 is 6.03 Å². The summed E-state index contributed by atoms with van der Waals surface area (Å²) >= 11 is 3.41. The van der Waals surface area contributed by atoms with E-state index in [1.165, 1.54) is 23.1 Å². The Bertz CT molecular complexity index is 908. The van der Waals surface area contributed by atoms with Crippen molar-refractivity contribution in [1.29, 1.82) is 0 Å². The minimum absolute atomic E-state index is 0.0492. The first-order chi connectivity index (χ1) is 13.5. The lowest BCUT2D eigenvalue weighted by Gasteiger charge is -2.58. The van der Waals surface area contributed by atoms with Crippen LogP contribution in [0.25, 0.3) is 0 Å². The molecular weight excluding hydrogens is 429 g/mol. The fraction of sp³-hybridized carbons (Fsp3) is 0.300. The van der Waals surface area contributed by atoms with Crippen LogP contribution in [-0.4, -0.2) is 58.6 Å². The van der Waals surface area contributed by atoms with Gasteiger partial charge in [-0.05, 0) is 35.9 Å². The Morgan fingerprint density at radius 3 is 2.68 bits per heavy atom. The zero-order valence-corrected chi connectivity index (χ0v) is 16.5. The summed E-state index contributed by atoms with van der Waals surface area (Å²) in [7, 11) is 0. The zero-order chi connectivity index (χ0) is 19.8. The van der Waals surface area contributed by atoms with Gasteiger partial charge in [0.05, 0.1) is 18.7 Å². The Kier molecular flexibility index (Phi) is 5.07. The lowest BCUT2D eigenvalue weighted by Crippen LogP contribution is -2.73. The van der Waals surface area contributed by atoms with E-state index in [-0.39, 0.29) is 37.1 Å². The van der Waals surface area contributed by atoms with E-state index >= 15 is 0 Å². The van der Waals surface area contributed by atoms with Crippen LogP contribution in [0.15, 0.2) is 53.0 Å². The lowest BCUT2D eigenvalue weighted by atomic mass is 9.74. The molecular formula is C20H19BrFN3O3. The van der Waals surface area contributed by atoms with Crippen LogP contribution in [0.5, 0.6) is 0 Å². The first kappa shape index (κ1) is 18.9. The Hall–Kier alpha value is -2.45. The van der Waals surface area contributed by atoms with E-state index in [9.17, 15) is 19.1 Å². The van der Waals surface area contributed by atoms with E-state index < -0.39 is 11.8 Å². The maximum Gasteiger partial charge on any atom is 0.322 e. The molecule has 2 N–H and O–H groups in total. The molecule has 0 radical (unpaired) electrons. The van der Waals surface area contributed by atoms with Crippen LogP contribution in [0, 0.1) is 5.82 Å². The number of nitrogens with zero attached hydrogens (tertiary/aromatic N) is 2. The molecule has 0 saturated carbocycles. The molecule has 2 saturated heterocycles. The highest BCUT2D eigenvalue weighted by atomic mass is 79.9. The number of carbonyl (C=O) groups is 2. The number of amides is 3. The van der Waals surface area contributed by atoms with Gasteiger partial charge in [-0.15, -0.1) is 0 Å². The number of carbonyl (C=O) groups excluding carboxylic acids is 2. The van der Waals surface area contributed by atoms with E-state index in [1.807, 2.05) is 24.3 Å². The molecule has 8 heteroatoms. The first-order valence-corrected chi connectivity index (χ1v) is 9.76. The van der Waals surface area contributed by atoms with Crippen molar-refractivity contribution in [1.82, 2.24) is 9.80 Å². The first-order valence-electron chi connectivity index (χ1n) is 8.97. The lowest BCUT2D eigenvalue weighted by molar-refractivity contribution is -0.159.